The highest BCUT2D eigenvalue weighted by molar-refractivity contribution is 8.72. The molecule has 0 heterocycles. The van der Waals surface area contributed by atoms with E-state index in [-0.39, 0.29) is 17.3 Å². The molecule has 0 spiro atoms. The summed E-state index contributed by atoms with van der Waals surface area (Å²) in [6.07, 6.45) is -1.76. The third kappa shape index (κ3) is 26.0. The summed E-state index contributed by atoms with van der Waals surface area (Å²) in [6, 6.07) is 0. The molecule has 25 heteroatoms. The molecule has 0 aromatic carbocycles. The van der Waals surface area contributed by atoms with Crippen LogP contribution in [0.25, 0.3) is 0 Å². The molecule has 0 aliphatic rings. The van der Waals surface area contributed by atoms with Gasteiger partial charge in [0.25, 0.3) is 20.3 Å². The quantitative estimate of drug-likeness (QED) is 0.0949. The maximum absolute atomic E-state index is 11.6. The third-order valence-corrected chi connectivity index (χ3v) is 9.06. The fraction of sp³-hybridized carbons (Fsp3) is 1.00. The SMILES string of the molecule is CN(C)CCS(=O)(=O)SCC(CO[N+](=O)[O-])O[N+](=O)[O-].CS(=O)(=O)SCC(CO[N+](=O)[O-])O[N+](=O)[O-]. The van der Waals surface area contributed by atoms with E-state index in [9.17, 15) is 57.3 Å². The molecular weight excluding hydrogens is 586 g/mol. The first kappa shape index (κ1) is 35.5. The lowest BCUT2D eigenvalue weighted by Crippen LogP contribution is -2.28. The van der Waals surface area contributed by atoms with Gasteiger partial charge in [-0.15, -0.1) is 40.5 Å². The fourth-order valence-corrected chi connectivity index (χ4v) is 6.11. The van der Waals surface area contributed by atoms with Crippen LogP contribution in [0.15, 0.2) is 0 Å². The van der Waals surface area contributed by atoms with Crippen LogP contribution < -0.4 is 0 Å². The largest absolute Gasteiger partial charge is 0.312 e. The highest BCUT2D eigenvalue weighted by Gasteiger charge is 2.21. The second-order valence-corrected chi connectivity index (χ2v) is 15.1. The minimum atomic E-state index is -3.50. The maximum atomic E-state index is 11.6. The Morgan fingerprint density at radius 3 is 1.44 bits per heavy atom. The smallest absolute Gasteiger partial charge is 0.294 e. The van der Waals surface area contributed by atoms with E-state index < -0.39 is 63.5 Å². The fourth-order valence-electron chi connectivity index (χ4n) is 1.48. The van der Waals surface area contributed by atoms with Crippen molar-refractivity contribution in [1.82, 2.24) is 4.90 Å². The van der Waals surface area contributed by atoms with Gasteiger partial charge in [-0.2, -0.15) is 0 Å². The Hall–Kier alpha value is -2.64. The minimum Gasteiger partial charge on any atom is -0.312 e. The first-order valence-corrected chi connectivity index (χ1v) is 15.4. The monoisotopic (exact) mass is 609 g/mol. The van der Waals surface area contributed by atoms with Crippen molar-refractivity contribution in [1.29, 1.82) is 0 Å². The van der Waals surface area contributed by atoms with Gasteiger partial charge in [-0.05, 0) is 35.7 Å². The van der Waals surface area contributed by atoms with Crippen LogP contribution in [0.4, 0.5) is 0 Å². The van der Waals surface area contributed by atoms with Gasteiger partial charge in [0.2, 0.25) is 8.87 Å². The Labute approximate surface area is 210 Å². The van der Waals surface area contributed by atoms with Crippen LogP contribution in [0.5, 0.6) is 0 Å². The Kier molecular flexibility index (Phi) is 17.5. The standard InChI is InChI=1S/C7H15N3O8S2.C4H8N2O8S2/c1-8(2)3-4-20(15,16)19-6-7(18-10(13)14)5-17-9(11)12;1-16(11,12)15-3-4(14-6(9)10)2-13-5(7)8/h7H,3-6H2,1-2H3;4H,2-3H2,1H3. The zero-order chi connectivity index (χ0) is 28.5. The van der Waals surface area contributed by atoms with Crippen LogP contribution in [-0.2, 0) is 37.1 Å². The van der Waals surface area contributed by atoms with Gasteiger partial charge >= 0.3 is 0 Å². The molecule has 21 nitrogen and oxygen atoms in total. The molecule has 2 unspecified atom stereocenters. The van der Waals surface area contributed by atoms with Crippen LogP contribution in [0.3, 0.4) is 0 Å². The van der Waals surface area contributed by atoms with Crippen molar-refractivity contribution < 1.29 is 56.5 Å². The molecule has 0 bridgehead atoms. The van der Waals surface area contributed by atoms with Crippen molar-refractivity contribution in [2.75, 3.05) is 57.4 Å². The first-order valence-electron chi connectivity index (χ1n) is 8.86. The van der Waals surface area contributed by atoms with Crippen molar-refractivity contribution in [3.63, 3.8) is 0 Å². The van der Waals surface area contributed by atoms with Gasteiger partial charge < -0.3 is 24.3 Å². The highest BCUT2D eigenvalue weighted by Crippen LogP contribution is 2.16. The Balaban J connectivity index is 0. The van der Waals surface area contributed by atoms with Crippen molar-refractivity contribution in [3.8, 4) is 0 Å². The molecule has 0 saturated carbocycles. The van der Waals surface area contributed by atoms with Gasteiger partial charge in [-0.1, -0.05) is 0 Å². The molecule has 0 aliphatic carbocycles. The van der Waals surface area contributed by atoms with Crippen LogP contribution in [0.2, 0.25) is 0 Å². The first-order chi connectivity index (χ1) is 16.3. The number of hydrogen-bond donors (Lipinski definition) is 0. The predicted octanol–water partition coefficient (Wildman–Crippen LogP) is -1.14. The molecule has 0 N–H and O–H groups in total. The summed E-state index contributed by atoms with van der Waals surface area (Å²) < 4.78 is 44.6. The van der Waals surface area contributed by atoms with E-state index in [1.54, 1.807) is 19.0 Å². The molecule has 0 fully saturated rings. The van der Waals surface area contributed by atoms with Crippen molar-refractivity contribution in [3.05, 3.63) is 40.5 Å². The zero-order valence-electron chi connectivity index (χ0n) is 18.8. The van der Waals surface area contributed by atoms with E-state index in [2.05, 4.69) is 19.4 Å². The van der Waals surface area contributed by atoms with Crippen LogP contribution in [0, 0.1) is 40.5 Å². The number of rotatable bonds is 19. The lowest BCUT2D eigenvalue weighted by molar-refractivity contribution is -0.788. The van der Waals surface area contributed by atoms with Gasteiger partial charge in [-0.25, -0.2) is 16.8 Å². The summed E-state index contributed by atoms with van der Waals surface area (Å²) >= 11 is 0. The average molecular weight is 610 g/mol. The molecule has 0 aliphatic heterocycles. The molecule has 0 aromatic heterocycles. The highest BCUT2D eigenvalue weighted by atomic mass is 33.1. The summed E-state index contributed by atoms with van der Waals surface area (Å²) in [5.74, 6) is -0.829. The van der Waals surface area contributed by atoms with Crippen molar-refractivity contribution >= 4 is 39.3 Å². The van der Waals surface area contributed by atoms with E-state index in [4.69, 9.17) is 0 Å². The van der Waals surface area contributed by atoms with Gasteiger partial charge in [0.15, 0.2) is 8.87 Å². The summed E-state index contributed by atoms with van der Waals surface area (Å²) in [6.45, 7) is -1.14. The van der Waals surface area contributed by atoms with Crippen LogP contribution in [-0.4, -0.2) is 112 Å². The minimum absolute atomic E-state index is 0.147. The molecular formula is C11H23N5O16S4. The maximum Gasteiger partial charge on any atom is 0.294 e. The van der Waals surface area contributed by atoms with Gasteiger partial charge in [0.05, 0.1) is 5.75 Å². The molecule has 0 radical (unpaired) electrons. The normalized spacial score (nSPS) is 12.9. The number of nitrogens with zero attached hydrogens (tertiary/aromatic N) is 5. The van der Waals surface area contributed by atoms with Gasteiger partial charge in [-0.3, -0.25) is 0 Å². The summed E-state index contributed by atoms with van der Waals surface area (Å²) in [4.78, 5) is 57.6. The Morgan fingerprint density at radius 2 is 1.14 bits per heavy atom. The van der Waals surface area contributed by atoms with E-state index >= 15 is 0 Å². The van der Waals surface area contributed by atoms with E-state index in [1.807, 2.05) is 0 Å². The van der Waals surface area contributed by atoms with Crippen molar-refractivity contribution in [2.24, 2.45) is 0 Å². The molecule has 0 saturated heterocycles. The second-order valence-electron chi connectivity index (χ2n) is 6.28. The molecule has 0 rings (SSSR count). The zero-order valence-corrected chi connectivity index (χ0v) is 22.1. The molecule has 36 heavy (non-hydrogen) atoms. The molecule has 0 aromatic rings. The van der Waals surface area contributed by atoms with Gasteiger partial charge in [0.1, 0.15) is 25.4 Å². The third-order valence-electron chi connectivity index (χ3n) is 2.89. The Bertz CT molecular complexity index is 929. The second kappa shape index (κ2) is 17.7. The van der Waals surface area contributed by atoms with Crippen LogP contribution >= 0.6 is 21.6 Å². The van der Waals surface area contributed by atoms with E-state index in [1.165, 1.54) is 0 Å². The Morgan fingerprint density at radius 1 is 0.750 bits per heavy atom. The molecule has 0 amide bonds. The van der Waals surface area contributed by atoms with E-state index in [0.717, 1.165) is 6.26 Å². The lowest BCUT2D eigenvalue weighted by Gasteiger charge is -2.14. The van der Waals surface area contributed by atoms with E-state index in [0.29, 0.717) is 28.1 Å². The van der Waals surface area contributed by atoms with Gasteiger partial charge in [0, 0.05) is 24.3 Å². The van der Waals surface area contributed by atoms with Crippen LogP contribution in [0.1, 0.15) is 0 Å². The summed E-state index contributed by atoms with van der Waals surface area (Å²) in [5, 5.41) is 35.4. The number of hydrogen-bond acceptors (Lipinski definition) is 19. The summed E-state index contributed by atoms with van der Waals surface area (Å²) in [7, 11) is -2.70. The van der Waals surface area contributed by atoms with Crippen molar-refractivity contribution in [2.45, 2.75) is 12.2 Å². The summed E-state index contributed by atoms with van der Waals surface area (Å²) in [5.41, 5.74) is 0. The average Bonchev–Trinajstić information content (AvgIpc) is 2.70. The predicted molar refractivity (Wildman–Crippen MR) is 122 cm³/mol. The molecule has 2 atom stereocenters. The lowest BCUT2D eigenvalue weighted by atomic mass is 10.4. The molecule has 212 valence electrons. The topological polar surface area (TPSA) is 281 Å².